The zero-order valence-electron chi connectivity index (χ0n) is 11.8. The van der Waals surface area contributed by atoms with Gasteiger partial charge in [-0.25, -0.2) is 4.98 Å². The van der Waals surface area contributed by atoms with Gasteiger partial charge in [0.05, 0.1) is 11.5 Å². The Kier molecular flexibility index (Phi) is 5.24. The average molecular weight is 281 g/mol. The molecule has 8 nitrogen and oxygen atoms in total. The molecule has 8 heteroatoms. The molecule has 0 radical (unpaired) electrons. The van der Waals surface area contributed by atoms with Crippen LogP contribution < -0.4 is 16.0 Å². The van der Waals surface area contributed by atoms with Crippen LogP contribution in [0.2, 0.25) is 0 Å². The third kappa shape index (κ3) is 4.38. The largest absolute Gasteiger partial charge is 0.384 e. The number of rotatable bonds is 6. The molecule has 1 amide bonds. The van der Waals surface area contributed by atoms with Gasteiger partial charge in [0.25, 0.3) is 0 Å². The summed E-state index contributed by atoms with van der Waals surface area (Å²) >= 11 is 0. The Morgan fingerprint density at radius 3 is 2.75 bits per heavy atom. The molecule has 0 saturated carbocycles. The first-order chi connectivity index (χ1) is 9.31. The molecular formula is C12H19N5O3. The highest BCUT2D eigenvalue weighted by atomic mass is 16.6. The Labute approximate surface area is 117 Å². The third-order valence-corrected chi connectivity index (χ3v) is 2.52. The van der Waals surface area contributed by atoms with Gasteiger partial charge in [0, 0.05) is 19.7 Å². The van der Waals surface area contributed by atoms with Crippen molar-refractivity contribution in [2.45, 2.75) is 13.8 Å². The van der Waals surface area contributed by atoms with Crippen molar-refractivity contribution in [2.24, 2.45) is 5.92 Å². The number of nitro groups is 1. The molecular weight excluding hydrogens is 262 g/mol. The molecule has 0 unspecified atom stereocenters. The summed E-state index contributed by atoms with van der Waals surface area (Å²) in [5, 5.41) is 13.7. The SMILES string of the molecule is CC(C)CNC(=O)CN(C)c1nc(N)ccc1[N+](=O)[O-]. The molecule has 1 heterocycles. The van der Waals surface area contributed by atoms with Crippen LogP contribution in [0.15, 0.2) is 12.1 Å². The number of aromatic nitrogens is 1. The lowest BCUT2D eigenvalue weighted by atomic mass is 10.2. The second kappa shape index (κ2) is 6.69. The van der Waals surface area contributed by atoms with E-state index in [0.29, 0.717) is 12.5 Å². The second-order valence-electron chi connectivity index (χ2n) is 4.89. The zero-order valence-corrected chi connectivity index (χ0v) is 11.8. The molecule has 0 saturated heterocycles. The van der Waals surface area contributed by atoms with Gasteiger partial charge in [-0.3, -0.25) is 14.9 Å². The van der Waals surface area contributed by atoms with Gasteiger partial charge in [-0.15, -0.1) is 0 Å². The predicted molar refractivity (Wildman–Crippen MR) is 76.4 cm³/mol. The number of likely N-dealkylation sites (N-methyl/N-ethyl adjacent to an activating group) is 1. The Morgan fingerprint density at radius 1 is 1.55 bits per heavy atom. The minimum Gasteiger partial charge on any atom is -0.384 e. The first-order valence-electron chi connectivity index (χ1n) is 6.20. The number of hydrogen-bond acceptors (Lipinski definition) is 6. The van der Waals surface area contributed by atoms with Crippen LogP contribution in [-0.2, 0) is 4.79 Å². The maximum Gasteiger partial charge on any atom is 0.311 e. The highest BCUT2D eigenvalue weighted by Crippen LogP contribution is 2.25. The summed E-state index contributed by atoms with van der Waals surface area (Å²) in [7, 11) is 1.56. The van der Waals surface area contributed by atoms with Gasteiger partial charge in [0.2, 0.25) is 11.7 Å². The summed E-state index contributed by atoms with van der Waals surface area (Å²) < 4.78 is 0. The number of carbonyl (C=O) groups is 1. The molecule has 0 fully saturated rings. The van der Waals surface area contributed by atoms with Crippen molar-refractivity contribution in [3.63, 3.8) is 0 Å². The molecule has 20 heavy (non-hydrogen) atoms. The van der Waals surface area contributed by atoms with E-state index in [2.05, 4.69) is 10.3 Å². The van der Waals surface area contributed by atoms with E-state index in [-0.39, 0.29) is 29.8 Å². The fraction of sp³-hybridized carbons (Fsp3) is 0.500. The van der Waals surface area contributed by atoms with Gasteiger partial charge in [0.15, 0.2) is 0 Å². The Morgan fingerprint density at radius 2 is 2.20 bits per heavy atom. The van der Waals surface area contributed by atoms with Crippen molar-refractivity contribution in [3.05, 3.63) is 22.2 Å². The standard InChI is InChI=1S/C12H19N5O3/c1-8(2)6-14-11(18)7-16(3)12-9(17(19)20)4-5-10(13)15-12/h4-5,8H,6-7H2,1-3H3,(H2,13,15)(H,14,18). The van der Waals surface area contributed by atoms with E-state index in [4.69, 9.17) is 5.73 Å². The molecule has 110 valence electrons. The first kappa shape index (κ1) is 15.7. The molecule has 3 N–H and O–H groups in total. The third-order valence-electron chi connectivity index (χ3n) is 2.52. The van der Waals surface area contributed by atoms with Gasteiger partial charge in [0.1, 0.15) is 5.82 Å². The van der Waals surface area contributed by atoms with Crippen molar-refractivity contribution in [1.29, 1.82) is 0 Å². The Balaban J connectivity index is 2.81. The van der Waals surface area contributed by atoms with E-state index in [1.54, 1.807) is 7.05 Å². The minimum atomic E-state index is -0.551. The van der Waals surface area contributed by atoms with E-state index >= 15 is 0 Å². The van der Waals surface area contributed by atoms with Crippen LogP contribution in [-0.4, -0.2) is 36.0 Å². The van der Waals surface area contributed by atoms with E-state index in [1.807, 2.05) is 13.8 Å². The van der Waals surface area contributed by atoms with Gasteiger partial charge < -0.3 is 16.0 Å². The van der Waals surface area contributed by atoms with Crippen molar-refractivity contribution in [1.82, 2.24) is 10.3 Å². The highest BCUT2D eigenvalue weighted by molar-refractivity contribution is 5.81. The lowest BCUT2D eigenvalue weighted by molar-refractivity contribution is -0.384. The number of amides is 1. The Bertz CT molecular complexity index is 504. The average Bonchev–Trinajstić information content (AvgIpc) is 2.35. The molecule has 0 aliphatic rings. The summed E-state index contributed by atoms with van der Waals surface area (Å²) in [6.07, 6.45) is 0. The first-order valence-corrected chi connectivity index (χ1v) is 6.20. The normalized spacial score (nSPS) is 10.4. The second-order valence-corrected chi connectivity index (χ2v) is 4.89. The lowest BCUT2D eigenvalue weighted by Gasteiger charge is -2.18. The number of nitrogens with one attached hydrogen (secondary N) is 1. The number of nitrogens with two attached hydrogens (primary N) is 1. The summed E-state index contributed by atoms with van der Waals surface area (Å²) in [6, 6.07) is 2.63. The minimum absolute atomic E-state index is 0.0238. The summed E-state index contributed by atoms with van der Waals surface area (Å²) in [4.78, 5) is 27.4. The maximum atomic E-state index is 11.7. The number of pyridine rings is 1. The topological polar surface area (TPSA) is 114 Å². The monoisotopic (exact) mass is 281 g/mol. The lowest BCUT2D eigenvalue weighted by Crippen LogP contribution is -2.37. The molecule has 0 bridgehead atoms. The van der Waals surface area contributed by atoms with Crippen molar-refractivity contribution < 1.29 is 9.72 Å². The van der Waals surface area contributed by atoms with Crippen LogP contribution in [0.1, 0.15) is 13.8 Å². The molecule has 1 aromatic heterocycles. The summed E-state index contributed by atoms with van der Waals surface area (Å²) in [5.41, 5.74) is 5.35. The molecule has 0 aliphatic carbocycles. The van der Waals surface area contributed by atoms with Crippen molar-refractivity contribution >= 4 is 23.2 Å². The molecule has 1 rings (SSSR count). The number of nitrogen functional groups attached to an aromatic ring is 1. The van der Waals surface area contributed by atoms with Crippen molar-refractivity contribution in [2.75, 3.05) is 30.8 Å². The van der Waals surface area contributed by atoms with Gasteiger partial charge in [-0.1, -0.05) is 13.8 Å². The molecule has 0 spiro atoms. The molecule has 0 aliphatic heterocycles. The van der Waals surface area contributed by atoms with E-state index in [9.17, 15) is 14.9 Å². The fourth-order valence-corrected chi connectivity index (χ4v) is 1.54. The predicted octanol–water partition coefficient (Wildman–Crippen LogP) is 0.780. The van der Waals surface area contributed by atoms with Gasteiger partial charge in [-0.2, -0.15) is 0 Å². The summed E-state index contributed by atoms with van der Waals surface area (Å²) in [6.45, 7) is 4.49. The zero-order chi connectivity index (χ0) is 15.3. The highest BCUT2D eigenvalue weighted by Gasteiger charge is 2.20. The van der Waals surface area contributed by atoms with Crippen LogP contribution in [0.25, 0.3) is 0 Å². The van der Waals surface area contributed by atoms with Crippen LogP contribution in [0.3, 0.4) is 0 Å². The van der Waals surface area contributed by atoms with E-state index < -0.39 is 4.92 Å². The molecule has 0 aromatic carbocycles. The summed E-state index contributed by atoms with van der Waals surface area (Å²) in [5.74, 6) is 0.360. The van der Waals surface area contributed by atoms with E-state index in [1.165, 1.54) is 17.0 Å². The maximum absolute atomic E-state index is 11.7. The molecule has 1 aromatic rings. The number of nitrogens with zero attached hydrogens (tertiary/aromatic N) is 3. The van der Waals surface area contributed by atoms with Crippen molar-refractivity contribution in [3.8, 4) is 0 Å². The molecule has 0 atom stereocenters. The fourth-order valence-electron chi connectivity index (χ4n) is 1.54. The van der Waals surface area contributed by atoms with Crippen LogP contribution in [0.5, 0.6) is 0 Å². The van der Waals surface area contributed by atoms with Crippen LogP contribution in [0.4, 0.5) is 17.3 Å². The Hall–Kier alpha value is -2.38. The van der Waals surface area contributed by atoms with Gasteiger partial charge >= 0.3 is 5.69 Å². The number of anilines is 2. The van der Waals surface area contributed by atoms with Crippen LogP contribution >= 0.6 is 0 Å². The quantitative estimate of drug-likeness (QED) is 0.588. The van der Waals surface area contributed by atoms with Crippen LogP contribution in [0, 0.1) is 16.0 Å². The number of carbonyl (C=O) groups excluding carboxylic acids is 1. The van der Waals surface area contributed by atoms with Gasteiger partial charge in [-0.05, 0) is 12.0 Å². The smallest absolute Gasteiger partial charge is 0.311 e. The van der Waals surface area contributed by atoms with E-state index in [0.717, 1.165) is 0 Å². The number of hydrogen-bond donors (Lipinski definition) is 2.